The second-order valence-corrected chi connectivity index (χ2v) is 8.92. The monoisotopic (exact) mass is 447 g/mol. The van der Waals surface area contributed by atoms with Gasteiger partial charge in [0.25, 0.3) is 5.91 Å². The average Bonchev–Trinajstić information content (AvgIpc) is 3.26. The Morgan fingerprint density at radius 2 is 1.72 bits per heavy atom. The van der Waals surface area contributed by atoms with Gasteiger partial charge in [0.05, 0.1) is 15.9 Å². The molecule has 166 valence electrons. The van der Waals surface area contributed by atoms with Crippen LogP contribution in [-0.2, 0) is 4.79 Å². The Hall–Kier alpha value is -2.99. The lowest BCUT2D eigenvalue weighted by Gasteiger charge is -2.22. The van der Waals surface area contributed by atoms with Gasteiger partial charge in [-0.2, -0.15) is 0 Å². The summed E-state index contributed by atoms with van der Waals surface area (Å²) in [6.07, 6.45) is 4.16. The molecule has 4 rings (SSSR count). The predicted octanol–water partition coefficient (Wildman–Crippen LogP) is 6.32. The average molecular weight is 448 g/mol. The number of para-hydroxylation sites is 2. The maximum absolute atomic E-state index is 12.8. The summed E-state index contributed by atoms with van der Waals surface area (Å²) >= 11 is 1.63. The highest BCUT2D eigenvalue weighted by Crippen LogP contribution is 2.32. The van der Waals surface area contributed by atoms with Crippen LogP contribution in [-0.4, -0.2) is 40.5 Å². The van der Waals surface area contributed by atoms with Gasteiger partial charge in [-0.3, -0.25) is 4.79 Å². The van der Waals surface area contributed by atoms with Gasteiger partial charge >= 0.3 is 0 Å². The molecular formula is C26H29N3O2S. The second kappa shape index (κ2) is 10.6. The van der Waals surface area contributed by atoms with Crippen molar-refractivity contribution < 1.29 is 9.53 Å². The Morgan fingerprint density at radius 1 is 0.938 bits per heavy atom. The van der Waals surface area contributed by atoms with Crippen molar-refractivity contribution >= 4 is 38.4 Å². The second-order valence-electron chi connectivity index (χ2n) is 7.89. The standard InChI is InChI=1S/C26H29N3O2S/c1-3-5-16-29(17-6-4-2)24(30)18-31-22-12-9-10-19-14-15-21(27-25(19)22)26-28-20-11-7-8-13-23(20)32-26/h7-15H,3-6,16-18H2,1-2H3. The Bertz CT molecular complexity index is 1160. The predicted molar refractivity (Wildman–Crippen MR) is 132 cm³/mol. The van der Waals surface area contributed by atoms with Crippen LogP contribution in [0, 0.1) is 0 Å². The number of aromatic nitrogens is 2. The number of hydrogen-bond acceptors (Lipinski definition) is 5. The molecule has 2 aromatic heterocycles. The number of nitrogens with zero attached hydrogens (tertiary/aromatic N) is 3. The molecule has 32 heavy (non-hydrogen) atoms. The molecule has 0 aliphatic heterocycles. The van der Waals surface area contributed by atoms with Crippen molar-refractivity contribution in [3.05, 3.63) is 54.6 Å². The van der Waals surface area contributed by atoms with E-state index in [1.54, 1.807) is 11.3 Å². The van der Waals surface area contributed by atoms with Gasteiger partial charge in [-0.05, 0) is 37.1 Å². The molecule has 5 nitrogen and oxygen atoms in total. The van der Waals surface area contributed by atoms with E-state index in [4.69, 9.17) is 14.7 Å². The van der Waals surface area contributed by atoms with Crippen LogP contribution in [0.1, 0.15) is 39.5 Å². The maximum atomic E-state index is 12.8. The summed E-state index contributed by atoms with van der Waals surface area (Å²) in [5.41, 5.74) is 2.54. The van der Waals surface area contributed by atoms with Gasteiger partial charge in [0, 0.05) is 18.5 Å². The number of carbonyl (C=O) groups excluding carboxylic acids is 1. The molecule has 2 aromatic carbocycles. The fourth-order valence-corrected chi connectivity index (χ4v) is 4.56. The van der Waals surface area contributed by atoms with E-state index in [0.29, 0.717) is 5.75 Å². The lowest BCUT2D eigenvalue weighted by atomic mass is 10.2. The van der Waals surface area contributed by atoms with Crippen LogP contribution in [0.2, 0.25) is 0 Å². The van der Waals surface area contributed by atoms with E-state index in [2.05, 4.69) is 19.9 Å². The Balaban J connectivity index is 1.56. The fourth-order valence-electron chi connectivity index (χ4n) is 3.63. The van der Waals surface area contributed by atoms with Gasteiger partial charge in [0.15, 0.2) is 6.61 Å². The summed E-state index contributed by atoms with van der Waals surface area (Å²) in [6, 6.07) is 18.0. The van der Waals surface area contributed by atoms with E-state index < -0.39 is 0 Å². The number of rotatable bonds is 10. The van der Waals surface area contributed by atoms with Gasteiger partial charge in [-0.15, -0.1) is 11.3 Å². The molecule has 0 atom stereocenters. The minimum Gasteiger partial charge on any atom is -0.481 e. The molecule has 0 saturated heterocycles. The lowest BCUT2D eigenvalue weighted by Crippen LogP contribution is -2.36. The van der Waals surface area contributed by atoms with Crippen LogP contribution in [0.25, 0.3) is 31.8 Å². The summed E-state index contributed by atoms with van der Waals surface area (Å²) in [5, 5.41) is 1.86. The topological polar surface area (TPSA) is 55.3 Å². The molecule has 0 N–H and O–H groups in total. The molecule has 2 heterocycles. The smallest absolute Gasteiger partial charge is 0.260 e. The van der Waals surface area contributed by atoms with Crippen LogP contribution in [0.4, 0.5) is 0 Å². The summed E-state index contributed by atoms with van der Waals surface area (Å²) < 4.78 is 7.14. The van der Waals surface area contributed by atoms with Crippen molar-refractivity contribution in [1.82, 2.24) is 14.9 Å². The number of ether oxygens (including phenoxy) is 1. The number of benzene rings is 2. The summed E-state index contributed by atoms with van der Waals surface area (Å²) in [5.74, 6) is 0.663. The van der Waals surface area contributed by atoms with Gasteiger partial charge in [0.1, 0.15) is 16.3 Å². The molecule has 0 aliphatic carbocycles. The van der Waals surface area contributed by atoms with Crippen molar-refractivity contribution in [2.45, 2.75) is 39.5 Å². The molecule has 0 unspecified atom stereocenters. The first-order valence-electron chi connectivity index (χ1n) is 11.4. The molecule has 6 heteroatoms. The largest absolute Gasteiger partial charge is 0.481 e. The normalized spacial score (nSPS) is 11.2. The molecule has 0 spiro atoms. The molecule has 0 fully saturated rings. The molecule has 1 amide bonds. The van der Waals surface area contributed by atoms with Crippen molar-refractivity contribution in [1.29, 1.82) is 0 Å². The number of amides is 1. The highest BCUT2D eigenvalue weighted by atomic mass is 32.1. The van der Waals surface area contributed by atoms with Gasteiger partial charge < -0.3 is 9.64 Å². The quantitative estimate of drug-likeness (QED) is 0.285. The van der Waals surface area contributed by atoms with Crippen LogP contribution in [0.3, 0.4) is 0 Å². The molecule has 4 aromatic rings. The molecular weight excluding hydrogens is 418 g/mol. The van der Waals surface area contributed by atoms with Crippen molar-refractivity contribution in [2.75, 3.05) is 19.7 Å². The summed E-state index contributed by atoms with van der Waals surface area (Å²) in [4.78, 5) is 24.3. The maximum Gasteiger partial charge on any atom is 0.260 e. The summed E-state index contributed by atoms with van der Waals surface area (Å²) in [6.45, 7) is 5.88. The third-order valence-electron chi connectivity index (χ3n) is 5.46. The van der Waals surface area contributed by atoms with Crippen molar-refractivity contribution in [3.63, 3.8) is 0 Å². The highest BCUT2D eigenvalue weighted by Gasteiger charge is 2.15. The minimum absolute atomic E-state index is 0.0274. The van der Waals surface area contributed by atoms with Gasteiger partial charge in [-0.25, -0.2) is 9.97 Å². The SMILES string of the molecule is CCCCN(CCCC)C(=O)COc1cccc2ccc(-c3nc4ccccc4s3)nc12. The van der Waals surface area contributed by atoms with E-state index in [9.17, 15) is 4.79 Å². The van der Waals surface area contributed by atoms with E-state index in [0.717, 1.165) is 70.6 Å². The Labute approximate surface area is 193 Å². The first kappa shape index (κ1) is 22.2. The molecule has 0 saturated carbocycles. The first-order valence-corrected chi connectivity index (χ1v) is 12.2. The Morgan fingerprint density at radius 3 is 2.47 bits per heavy atom. The molecule has 0 bridgehead atoms. The third kappa shape index (κ3) is 5.07. The van der Waals surface area contributed by atoms with E-state index in [1.165, 1.54) is 0 Å². The fraction of sp³-hybridized carbons (Fsp3) is 0.346. The van der Waals surface area contributed by atoms with Crippen molar-refractivity contribution in [2.24, 2.45) is 0 Å². The van der Waals surface area contributed by atoms with E-state index in [1.807, 2.05) is 53.4 Å². The van der Waals surface area contributed by atoms with Gasteiger partial charge in [-0.1, -0.05) is 57.0 Å². The number of carbonyl (C=O) groups is 1. The molecule has 0 aliphatic rings. The number of unbranched alkanes of at least 4 members (excludes halogenated alkanes) is 2. The van der Waals surface area contributed by atoms with E-state index in [-0.39, 0.29) is 12.5 Å². The Kier molecular flexibility index (Phi) is 7.32. The van der Waals surface area contributed by atoms with E-state index >= 15 is 0 Å². The lowest BCUT2D eigenvalue weighted by molar-refractivity contribution is -0.133. The number of fused-ring (bicyclic) bond motifs is 2. The molecule has 0 radical (unpaired) electrons. The minimum atomic E-state index is 0.0274. The zero-order valence-electron chi connectivity index (χ0n) is 18.7. The zero-order chi connectivity index (χ0) is 22.3. The zero-order valence-corrected chi connectivity index (χ0v) is 19.5. The number of thiazole rings is 1. The van der Waals surface area contributed by atoms with Crippen molar-refractivity contribution in [3.8, 4) is 16.5 Å². The van der Waals surface area contributed by atoms with Crippen LogP contribution >= 0.6 is 11.3 Å². The number of hydrogen-bond donors (Lipinski definition) is 0. The summed E-state index contributed by atoms with van der Waals surface area (Å²) in [7, 11) is 0. The third-order valence-corrected chi connectivity index (χ3v) is 6.52. The first-order chi connectivity index (χ1) is 15.7. The highest BCUT2D eigenvalue weighted by molar-refractivity contribution is 7.21. The van der Waals surface area contributed by atoms with Crippen LogP contribution < -0.4 is 4.74 Å². The van der Waals surface area contributed by atoms with Crippen LogP contribution in [0.5, 0.6) is 5.75 Å². The van der Waals surface area contributed by atoms with Crippen LogP contribution in [0.15, 0.2) is 54.6 Å². The van der Waals surface area contributed by atoms with Gasteiger partial charge in [0.2, 0.25) is 0 Å². The number of pyridine rings is 1.